The van der Waals surface area contributed by atoms with Crippen molar-refractivity contribution in [3.63, 3.8) is 0 Å². The Morgan fingerprint density at radius 3 is 2.53 bits per heavy atom. The van der Waals surface area contributed by atoms with Gasteiger partial charge in [-0.3, -0.25) is 0 Å². The zero-order valence-corrected chi connectivity index (χ0v) is 10.9. The van der Waals surface area contributed by atoms with Crippen LogP contribution in [-0.2, 0) is 6.18 Å². The molecule has 3 nitrogen and oxygen atoms in total. The van der Waals surface area contributed by atoms with E-state index in [1.54, 1.807) is 6.92 Å². The Bertz CT molecular complexity index is 460. The van der Waals surface area contributed by atoms with Crippen LogP contribution in [-0.4, -0.2) is 28.0 Å². The zero-order valence-electron chi connectivity index (χ0n) is 10.1. The lowest BCUT2D eigenvalue weighted by Crippen LogP contribution is -2.09. The second-order valence-corrected chi connectivity index (χ2v) is 5.43. The molecule has 0 spiro atoms. The van der Waals surface area contributed by atoms with Gasteiger partial charge in [-0.2, -0.15) is 13.2 Å². The van der Waals surface area contributed by atoms with Crippen LogP contribution < -0.4 is 0 Å². The van der Waals surface area contributed by atoms with Crippen molar-refractivity contribution in [3.05, 3.63) is 29.3 Å². The molecular formula is C12H13F3O3S. The Labute approximate surface area is 112 Å². The number of thioether (sulfide) groups is 1. The first-order valence-electron chi connectivity index (χ1n) is 5.47. The summed E-state index contributed by atoms with van der Waals surface area (Å²) in [7, 11) is 0. The van der Waals surface area contributed by atoms with Crippen molar-refractivity contribution >= 4 is 17.7 Å². The van der Waals surface area contributed by atoms with Crippen LogP contribution in [0.25, 0.3) is 0 Å². The molecule has 2 N–H and O–H groups in total. The molecular weight excluding hydrogens is 281 g/mol. The summed E-state index contributed by atoms with van der Waals surface area (Å²) < 4.78 is 37.5. The van der Waals surface area contributed by atoms with Crippen molar-refractivity contribution in [1.82, 2.24) is 0 Å². The average molecular weight is 294 g/mol. The maximum absolute atomic E-state index is 12.5. The highest BCUT2D eigenvalue weighted by molar-refractivity contribution is 8.00. The van der Waals surface area contributed by atoms with Gasteiger partial charge in [0.25, 0.3) is 0 Å². The molecule has 0 amide bonds. The van der Waals surface area contributed by atoms with E-state index >= 15 is 0 Å². The van der Waals surface area contributed by atoms with Gasteiger partial charge in [0, 0.05) is 16.8 Å². The number of aliphatic hydroxyl groups is 1. The van der Waals surface area contributed by atoms with Crippen LogP contribution in [0.4, 0.5) is 13.2 Å². The van der Waals surface area contributed by atoms with Crippen LogP contribution in [0.3, 0.4) is 0 Å². The maximum Gasteiger partial charge on any atom is 0.416 e. The fourth-order valence-corrected chi connectivity index (χ4v) is 2.51. The third-order valence-electron chi connectivity index (χ3n) is 2.40. The van der Waals surface area contributed by atoms with Gasteiger partial charge < -0.3 is 10.2 Å². The minimum absolute atomic E-state index is 0.0583. The third kappa shape index (κ3) is 4.43. The van der Waals surface area contributed by atoms with Crippen molar-refractivity contribution in [2.24, 2.45) is 0 Å². The molecule has 1 unspecified atom stereocenters. The smallest absolute Gasteiger partial charge is 0.416 e. The van der Waals surface area contributed by atoms with E-state index in [9.17, 15) is 18.0 Å². The van der Waals surface area contributed by atoms with Crippen molar-refractivity contribution in [2.75, 3.05) is 6.61 Å². The lowest BCUT2D eigenvalue weighted by atomic mass is 10.1. The molecule has 1 atom stereocenters. The molecule has 0 aliphatic rings. The molecule has 7 heteroatoms. The number of benzene rings is 1. The standard InChI is InChI=1S/C12H13F3O3S/c1-7(4-5-16)19-10-3-2-8(12(13,14)15)6-9(10)11(17)18/h2-3,6-7,16H,4-5H2,1H3,(H,17,18). The zero-order chi connectivity index (χ0) is 14.6. The molecule has 1 aromatic rings. The van der Waals surface area contributed by atoms with Crippen LogP contribution in [0.1, 0.15) is 29.3 Å². The second kappa shape index (κ2) is 6.29. The Morgan fingerprint density at radius 1 is 1.42 bits per heavy atom. The van der Waals surface area contributed by atoms with E-state index in [1.807, 2.05) is 0 Å². The van der Waals surface area contributed by atoms with Crippen molar-refractivity contribution in [2.45, 2.75) is 29.7 Å². The lowest BCUT2D eigenvalue weighted by molar-refractivity contribution is -0.137. The van der Waals surface area contributed by atoms with E-state index in [4.69, 9.17) is 10.2 Å². The summed E-state index contributed by atoms with van der Waals surface area (Å²) >= 11 is 1.13. The normalized spacial score (nSPS) is 13.3. The highest BCUT2D eigenvalue weighted by atomic mass is 32.2. The molecule has 106 valence electrons. The van der Waals surface area contributed by atoms with Crippen LogP contribution in [0.5, 0.6) is 0 Å². The van der Waals surface area contributed by atoms with Gasteiger partial charge in [-0.25, -0.2) is 4.79 Å². The molecule has 0 heterocycles. The number of halogens is 3. The molecule has 0 saturated heterocycles. The van der Waals surface area contributed by atoms with E-state index in [1.165, 1.54) is 0 Å². The Kier molecular flexibility index (Phi) is 5.25. The molecule has 0 radical (unpaired) electrons. The molecule has 0 aliphatic carbocycles. The first-order valence-corrected chi connectivity index (χ1v) is 6.35. The summed E-state index contributed by atoms with van der Waals surface area (Å²) in [6.45, 7) is 1.71. The molecule has 0 aliphatic heterocycles. The van der Waals surface area contributed by atoms with Gasteiger partial charge >= 0.3 is 12.1 Å². The highest BCUT2D eigenvalue weighted by Gasteiger charge is 2.32. The fourth-order valence-electron chi connectivity index (χ4n) is 1.43. The Hall–Kier alpha value is -1.21. The van der Waals surface area contributed by atoms with Crippen LogP contribution in [0.2, 0.25) is 0 Å². The number of carboxylic acids is 1. The Balaban J connectivity index is 3.09. The van der Waals surface area contributed by atoms with E-state index in [0.717, 1.165) is 23.9 Å². The molecule has 0 fully saturated rings. The summed E-state index contributed by atoms with van der Waals surface area (Å²) in [5, 5.41) is 17.7. The van der Waals surface area contributed by atoms with Crippen molar-refractivity contribution < 1.29 is 28.2 Å². The Morgan fingerprint density at radius 2 is 2.05 bits per heavy atom. The van der Waals surface area contributed by atoms with Gasteiger partial charge in [-0.15, -0.1) is 11.8 Å². The van der Waals surface area contributed by atoms with Gasteiger partial charge in [0.2, 0.25) is 0 Å². The number of alkyl halides is 3. The molecule has 0 aromatic heterocycles. The van der Waals surface area contributed by atoms with Gasteiger partial charge in [0.15, 0.2) is 0 Å². The molecule has 1 aromatic carbocycles. The summed E-state index contributed by atoms with van der Waals surface area (Å²) in [6.07, 6.45) is -4.13. The number of hydrogen-bond donors (Lipinski definition) is 2. The SMILES string of the molecule is CC(CCO)Sc1ccc(C(F)(F)F)cc1C(=O)O. The number of carbonyl (C=O) groups is 1. The molecule has 0 saturated carbocycles. The molecule has 19 heavy (non-hydrogen) atoms. The average Bonchev–Trinajstić information content (AvgIpc) is 2.27. The first-order chi connectivity index (χ1) is 8.75. The van der Waals surface area contributed by atoms with Crippen LogP contribution in [0.15, 0.2) is 23.1 Å². The largest absolute Gasteiger partial charge is 0.478 e. The fraction of sp³-hybridized carbons (Fsp3) is 0.417. The monoisotopic (exact) mass is 294 g/mol. The van der Waals surface area contributed by atoms with Gasteiger partial charge in [-0.1, -0.05) is 6.92 Å². The van der Waals surface area contributed by atoms with Crippen molar-refractivity contribution in [3.8, 4) is 0 Å². The van der Waals surface area contributed by atoms with Crippen LogP contribution in [0, 0.1) is 0 Å². The quantitative estimate of drug-likeness (QED) is 0.818. The predicted octanol–water partition coefficient (Wildman–Crippen LogP) is 3.27. The summed E-state index contributed by atoms with van der Waals surface area (Å²) in [4.78, 5) is 11.3. The van der Waals surface area contributed by atoms with E-state index in [-0.39, 0.29) is 22.3 Å². The summed E-state index contributed by atoms with van der Waals surface area (Å²) in [5.74, 6) is -1.40. The number of hydrogen-bond acceptors (Lipinski definition) is 3. The first kappa shape index (κ1) is 15.8. The third-order valence-corrected chi connectivity index (χ3v) is 3.65. The summed E-state index contributed by atoms with van der Waals surface area (Å²) in [6, 6.07) is 2.65. The van der Waals surface area contributed by atoms with E-state index < -0.39 is 17.7 Å². The topological polar surface area (TPSA) is 57.5 Å². The summed E-state index contributed by atoms with van der Waals surface area (Å²) in [5.41, 5.74) is -1.35. The molecule has 0 bridgehead atoms. The number of aromatic carboxylic acids is 1. The van der Waals surface area contributed by atoms with Gasteiger partial charge in [0.1, 0.15) is 0 Å². The number of carboxylic acid groups (broad SMARTS) is 1. The van der Waals surface area contributed by atoms with Gasteiger partial charge in [0.05, 0.1) is 11.1 Å². The number of rotatable bonds is 5. The van der Waals surface area contributed by atoms with Gasteiger partial charge in [-0.05, 0) is 24.6 Å². The molecule has 1 rings (SSSR count). The second-order valence-electron chi connectivity index (χ2n) is 3.95. The van der Waals surface area contributed by atoms with Crippen LogP contribution >= 0.6 is 11.8 Å². The van der Waals surface area contributed by atoms with E-state index in [0.29, 0.717) is 12.5 Å². The highest BCUT2D eigenvalue weighted by Crippen LogP contribution is 2.34. The van der Waals surface area contributed by atoms with Crippen molar-refractivity contribution in [1.29, 1.82) is 0 Å². The minimum atomic E-state index is -4.57. The number of aliphatic hydroxyl groups excluding tert-OH is 1. The predicted molar refractivity (Wildman–Crippen MR) is 65.4 cm³/mol. The lowest BCUT2D eigenvalue weighted by Gasteiger charge is -2.14. The minimum Gasteiger partial charge on any atom is -0.478 e. The maximum atomic E-state index is 12.5. The van der Waals surface area contributed by atoms with E-state index in [2.05, 4.69) is 0 Å².